The molecule has 3 N–H and O–H groups in total. The molecule has 1 fully saturated rings. The van der Waals surface area contributed by atoms with Crippen molar-refractivity contribution in [1.29, 1.82) is 0 Å². The summed E-state index contributed by atoms with van der Waals surface area (Å²) in [6, 6.07) is 0.353. The van der Waals surface area contributed by atoms with Crippen LogP contribution in [0.15, 0.2) is 0 Å². The fourth-order valence-corrected chi connectivity index (χ4v) is 2.61. The van der Waals surface area contributed by atoms with Gasteiger partial charge in [-0.15, -0.1) is 0 Å². The highest BCUT2D eigenvalue weighted by Crippen LogP contribution is 2.18. The van der Waals surface area contributed by atoms with Crippen LogP contribution in [0.3, 0.4) is 0 Å². The normalized spacial score (nSPS) is 16.9. The molecule has 1 amide bonds. The maximum absolute atomic E-state index is 11.4. The van der Waals surface area contributed by atoms with Crippen molar-refractivity contribution in [3.05, 3.63) is 0 Å². The van der Waals surface area contributed by atoms with Gasteiger partial charge in [0.05, 0.1) is 12.8 Å². The van der Waals surface area contributed by atoms with E-state index in [0.29, 0.717) is 12.6 Å². The van der Waals surface area contributed by atoms with Crippen molar-refractivity contribution in [1.82, 2.24) is 15.4 Å². The van der Waals surface area contributed by atoms with Crippen molar-refractivity contribution in [2.75, 3.05) is 19.3 Å². The zero-order chi connectivity index (χ0) is 13.1. The molecule has 0 aromatic rings. The highest BCUT2D eigenvalue weighted by atomic mass is 32.2. The molecule has 100 valence electrons. The van der Waals surface area contributed by atoms with Gasteiger partial charge in [0, 0.05) is 18.1 Å². The number of carbonyl (C=O) groups is 1. The summed E-state index contributed by atoms with van der Waals surface area (Å²) in [5.41, 5.74) is -0.604. The molecule has 0 unspecified atom stereocenters. The Morgan fingerprint density at radius 1 is 1.35 bits per heavy atom. The molecular weight excluding hydrogens is 242 g/mol. The molecule has 1 rings (SSSR count). The lowest BCUT2D eigenvalue weighted by atomic mass is 10.1. The Morgan fingerprint density at radius 3 is 2.41 bits per heavy atom. The molecule has 0 heterocycles. The number of hydrogen-bond donors (Lipinski definition) is 3. The lowest BCUT2D eigenvalue weighted by molar-refractivity contribution is -0.120. The van der Waals surface area contributed by atoms with E-state index in [9.17, 15) is 13.2 Å². The molecule has 0 aliphatic heterocycles. The monoisotopic (exact) mass is 263 g/mol. The van der Waals surface area contributed by atoms with Crippen molar-refractivity contribution < 1.29 is 13.2 Å². The Bertz CT molecular complexity index is 374. The van der Waals surface area contributed by atoms with Crippen molar-refractivity contribution in [2.45, 2.75) is 38.3 Å². The third kappa shape index (κ3) is 7.30. The second-order valence-corrected chi connectivity index (χ2v) is 6.95. The molecule has 0 spiro atoms. The van der Waals surface area contributed by atoms with E-state index in [1.54, 1.807) is 13.8 Å². The van der Waals surface area contributed by atoms with Crippen LogP contribution in [0.5, 0.6) is 0 Å². The molecule has 0 saturated heterocycles. The van der Waals surface area contributed by atoms with E-state index < -0.39 is 15.6 Å². The van der Waals surface area contributed by atoms with Gasteiger partial charge < -0.3 is 10.6 Å². The Kier molecular flexibility index (Phi) is 4.51. The van der Waals surface area contributed by atoms with Gasteiger partial charge in [-0.05, 0) is 26.7 Å². The summed E-state index contributed by atoms with van der Waals surface area (Å²) >= 11 is 0. The summed E-state index contributed by atoms with van der Waals surface area (Å²) in [5, 5.41) is 5.79. The molecule has 17 heavy (non-hydrogen) atoms. The molecule has 1 saturated carbocycles. The Morgan fingerprint density at radius 2 is 1.94 bits per heavy atom. The molecule has 0 radical (unpaired) electrons. The van der Waals surface area contributed by atoms with Crippen LogP contribution in [0.25, 0.3) is 0 Å². The van der Waals surface area contributed by atoms with Gasteiger partial charge in [-0.2, -0.15) is 0 Å². The van der Waals surface area contributed by atoms with Gasteiger partial charge in [0.15, 0.2) is 0 Å². The van der Waals surface area contributed by atoms with E-state index >= 15 is 0 Å². The van der Waals surface area contributed by atoms with Gasteiger partial charge in [0.25, 0.3) is 0 Å². The lowest BCUT2D eigenvalue weighted by Crippen LogP contribution is -2.51. The first-order chi connectivity index (χ1) is 7.68. The summed E-state index contributed by atoms with van der Waals surface area (Å²) in [5.74, 6) is -0.0392. The molecular formula is C10H21N3O3S. The largest absolute Gasteiger partial charge is 0.352 e. The van der Waals surface area contributed by atoms with Crippen LogP contribution >= 0.6 is 0 Å². The van der Waals surface area contributed by atoms with Crippen LogP contribution in [-0.2, 0) is 14.8 Å². The Hall–Kier alpha value is -0.660. The number of rotatable bonds is 7. The minimum atomic E-state index is -3.23. The van der Waals surface area contributed by atoms with Crippen LogP contribution in [0, 0.1) is 0 Å². The average Bonchev–Trinajstić information content (AvgIpc) is 2.82. The second-order valence-electron chi connectivity index (χ2n) is 5.20. The highest BCUT2D eigenvalue weighted by Gasteiger charge is 2.24. The molecule has 0 atom stereocenters. The molecule has 6 nitrogen and oxygen atoms in total. The van der Waals surface area contributed by atoms with Gasteiger partial charge in [0.2, 0.25) is 15.9 Å². The first kappa shape index (κ1) is 14.4. The minimum Gasteiger partial charge on any atom is -0.352 e. The highest BCUT2D eigenvalue weighted by molar-refractivity contribution is 7.88. The van der Waals surface area contributed by atoms with Crippen molar-refractivity contribution in [3.63, 3.8) is 0 Å². The molecule has 1 aliphatic rings. The number of nitrogens with one attached hydrogen (secondary N) is 3. The average molecular weight is 263 g/mol. The number of carbonyl (C=O) groups excluding carboxylic acids is 1. The molecule has 1 aliphatic carbocycles. The topological polar surface area (TPSA) is 87.3 Å². The van der Waals surface area contributed by atoms with E-state index in [1.165, 1.54) is 0 Å². The summed E-state index contributed by atoms with van der Waals surface area (Å²) in [4.78, 5) is 11.4. The van der Waals surface area contributed by atoms with Crippen molar-refractivity contribution >= 4 is 15.9 Å². The third-order valence-electron chi connectivity index (χ3n) is 2.26. The first-order valence-electron chi connectivity index (χ1n) is 5.67. The maximum atomic E-state index is 11.4. The fraction of sp³-hybridized carbons (Fsp3) is 0.900. The van der Waals surface area contributed by atoms with Crippen LogP contribution in [0.2, 0.25) is 0 Å². The quantitative estimate of drug-likeness (QED) is 0.560. The number of hydrogen-bond acceptors (Lipinski definition) is 4. The molecule has 0 aromatic carbocycles. The molecule has 0 aromatic heterocycles. The predicted molar refractivity (Wildman–Crippen MR) is 66.1 cm³/mol. The number of sulfonamides is 1. The zero-order valence-electron chi connectivity index (χ0n) is 10.5. The summed E-state index contributed by atoms with van der Waals surface area (Å²) in [6.45, 7) is 4.14. The summed E-state index contributed by atoms with van der Waals surface area (Å²) in [6.07, 6.45) is 3.24. The smallest absolute Gasteiger partial charge is 0.234 e. The van der Waals surface area contributed by atoms with Crippen LogP contribution in [-0.4, -0.2) is 45.3 Å². The van der Waals surface area contributed by atoms with Crippen LogP contribution in [0.4, 0.5) is 0 Å². The third-order valence-corrected chi connectivity index (χ3v) is 3.18. The van der Waals surface area contributed by atoms with Gasteiger partial charge >= 0.3 is 0 Å². The Labute approximate surface area is 103 Å². The zero-order valence-corrected chi connectivity index (χ0v) is 11.4. The van der Waals surface area contributed by atoms with Crippen LogP contribution < -0.4 is 15.4 Å². The number of amides is 1. The lowest BCUT2D eigenvalue weighted by Gasteiger charge is -2.25. The van der Waals surface area contributed by atoms with Gasteiger partial charge in [-0.25, -0.2) is 13.1 Å². The van der Waals surface area contributed by atoms with Crippen LogP contribution in [0.1, 0.15) is 26.7 Å². The minimum absolute atomic E-state index is 0.0392. The maximum Gasteiger partial charge on any atom is 0.234 e. The Balaban J connectivity index is 2.21. The summed E-state index contributed by atoms with van der Waals surface area (Å²) < 4.78 is 24.7. The van der Waals surface area contributed by atoms with Crippen molar-refractivity contribution in [3.8, 4) is 0 Å². The van der Waals surface area contributed by atoms with E-state index in [2.05, 4.69) is 15.4 Å². The van der Waals surface area contributed by atoms with Gasteiger partial charge in [0.1, 0.15) is 0 Å². The SMILES string of the molecule is CC(C)(CNCC(=O)NC1CC1)NS(C)(=O)=O. The fourth-order valence-electron chi connectivity index (χ4n) is 1.53. The second kappa shape index (κ2) is 5.32. The predicted octanol–water partition coefficient (Wildman–Crippen LogP) is -0.818. The van der Waals surface area contributed by atoms with E-state index in [4.69, 9.17) is 0 Å². The van der Waals surface area contributed by atoms with Crippen molar-refractivity contribution in [2.24, 2.45) is 0 Å². The standard InChI is InChI=1S/C10H21N3O3S/c1-10(2,13-17(3,15)16)7-11-6-9(14)12-8-4-5-8/h8,11,13H,4-7H2,1-3H3,(H,12,14). The van der Waals surface area contributed by atoms with E-state index in [1.807, 2.05) is 0 Å². The van der Waals surface area contributed by atoms with Gasteiger partial charge in [-0.3, -0.25) is 4.79 Å². The molecule has 7 heteroatoms. The molecule has 0 bridgehead atoms. The summed E-state index contributed by atoms with van der Waals surface area (Å²) in [7, 11) is -3.23. The van der Waals surface area contributed by atoms with Gasteiger partial charge in [-0.1, -0.05) is 0 Å². The first-order valence-corrected chi connectivity index (χ1v) is 7.56. The van der Waals surface area contributed by atoms with E-state index in [0.717, 1.165) is 19.1 Å². The van der Waals surface area contributed by atoms with E-state index in [-0.39, 0.29) is 12.5 Å².